The molecule has 110 valence electrons. The van der Waals surface area contributed by atoms with Crippen molar-refractivity contribution in [2.75, 3.05) is 13.1 Å². The number of hydrogen-bond donors (Lipinski definition) is 2. The third-order valence-corrected chi connectivity index (χ3v) is 5.05. The Labute approximate surface area is 126 Å². The van der Waals surface area contributed by atoms with E-state index in [2.05, 4.69) is 5.32 Å². The van der Waals surface area contributed by atoms with Crippen LogP contribution in [0.4, 0.5) is 4.79 Å². The van der Waals surface area contributed by atoms with Gasteiger partial charge < -0.3 is 15.3 Å². The Kier molecular flexibility index (Phi) is 4.55. The molecule has 1 unspecified atom stereocenters. The molecule has 0 saturated carbocycles. The van der Waals surface area contributed by atoms with Gasteiger partial charge in [-0.15, -0.1) is 11.3 Å². The van der Waals surface area contributed by atoms with Crippen molar-refractivity contribution in [3.8, 4) is 0 Å². The zero-order valence-corrected chi connectivity index (χ0v) is 12.8. The van der Waals surface area contributed by atoms with Crippen LogP contribution in [-0.2, 0) is 11.3 Å². The maximum absolute atomic E-state index is 12.0. The summed E-state index contributed by atoms with van der Waals surface area (Å²) in [4.78, 5) is 25.9. The molecule has 2 amide bonds. The first-order chi connectivity index (χ1) is 9.47. The van der Waals surface area contributed by atoms with Crippen molar-refractivity contribution < 1.29 is 14.7 Å². The quantitative estimate of drug-likeness (QED) is 0.897. The number of halogens is 1. The van der Waals surface area contributed by atoms with Crippen molar-refractivity contribution in [3.05, 3.63) is 21.3 Å². The molecule has 1 saturated heterocycles. The van der Waals surface area contributed by atoms with E-state index in [0.29, 0.717) is 30.3 Å². The number of rotatable bonds is 4. The number of urea groups is 1. The first kappa shape index (κ1) is 15.1. The third kappa shape index (κ3) is 3.07. The smallest absolute Gasteiger partial charge is 0.317 e. The molecule has 2 N–H and O–H groups in total. The standard InChI is InChI=1S/C13H17ClN2O3S/c1-2-13(11(17)18)5-6-16(8-13)12(19)15-7-9-3-4-10(14)20-9/h3-4H,2,5-8H2,1H3,(H,15,19)(H,17,18). The number of thiophene rings is 1. The van der Waals surface area contributed by atoms with Crippen LogP contribution in [0.2, 0.25) is 4.34 Å². The highest BCUT2D eigenvalue weighted by molar-refractivity contribution is 7.16. The minimum Gasteiger partial charge on any atom is -0.481 e. The van der Waals surface area contributed by atoms with Crippen LogP contribution < -0.4 is 5.32 Å². The highest BCUT2D eigenvalue weighted by Gasteiger charge is 2.44. The normalized spacial score (nSPS) is 22.0. The lowest BCUT2D eigenvalue weighted by molar-refractivity contribution is -0.148. The largest absolute Gasteiger partial charge is 0.481 e. The second-order valence-electron chi connectivity index (χ2n) is 4.98. The SMILES string of the molecule is CCC1(C(=O)O)CCN(C(=O)NCc2ccc(Cl)s2)C1. The monoisotopic (exact) mass is 316 g/mol. The zero-order valence-electron chi connectivity index (χ0n) is 11.2. The van der Waals surface area contributed by atoms with Gasteiger partial charge in [-0.25, -0.2) is 4.79 Å². The maximum atomic E-state index is 12.0. The summed E-state index contributed by atoms with van der Waals surface area (Å²) in [5.41, 5.74) is -0.788. The van der Waals surface area contributed by atoms with Gasteiger partial charge in [-0.2, -0.15) is 0 Å². The molecular weight excluding hydrogens is 300 g/mol. The highest BCUT2D eigenvalue weighted by atomic mass is 35.5. The lowest BCUT2D eigenvalue weighted by Crippen LogP contribution is -2.41. The number of carbonyl (C=O) groups is 2. The molecule has 0 spiro atoms. The Balaban J connectivity index is 1.90. The van der Waals surface area contributed by atoms with E-state index in [1.54, 1.807) is 11.0 Å². The molecule has 1 aliphatic rings. The lowest BCUT2D eigenvalue weighted by atomic mass is 9.84. The minimum absolute atomic E-state index is 0.217. The first-order valence-corrected chi connectivity index (χ1v) is 7.67. The Morgan fingerprint density at radius 3 is 2.80 bits per heavy atom. The minimum atomic E-state index is -0.819. The second kappa shape index (κ2) is 6.01. The highest BCUT2D eigenvalue weighted by Crippen LogP contribution is 2.34. The average molecular weight is 317 g/mol. The molecule has 5 nitrogen and oxygen atoms in total. The van der Waals surface area contributed by atoms with Crippen LogP contribution in [0.15, 0.2) is 12.1 Å². The number of hydrogen-bond acceptors (Lipinski definition) is 3. The van der Waals surface area contributed by atoms with Crippen LogP contribution in [-0.4, -0.2) is 35.1 Å². The van der Waals surface area contributed by atoms with Gasteiger partial charge in [0.1, 0.15) is 0 Å². The molecular formula is C13H17ClN2O3S. The van der Waals surface area contributed by atoms with Crippen LogP contribution in [0.5, 0.6) is 0 Å². The summed E-state index contributed by atoms with van der Waals surface area (Å²) in [5, 5.41) is 12.1. The first-order valence-electron chi connectivity index (χ1n) is 6.47. The molecule has 7 heteroatoms. The average Bonchev–Trinajstić information content (AvgIpc) is 3.03. The Morgan fingerprint density at radius 1 is 1.55 bits per heavy atom. The fraction of sp³-hybridized carbons (Fsp3) is 0.538. The predicted octanol–water partition coefficient (Wildman–Crippen LogP) is 2.80. The summed E-state index contributed by atoms with van der Waals surface area (Å²) in [7, 11) is 0. The van der Waals surface area contributed by atoms with Gasteiger partial charge >= 0.3 is 12.0 Å². The third-order valence-electron chi connectivity index (χ3n) is 3.81. The number of aliphatic carboxylic acids is 1. The van der Waals surface area contributed by atoms with E-state index in [1.807, 2.05) is 13.0 Å². The summed E-state index contributed by atoms with van der Waals surface area (Å²) in [6.07, 6.45) is 1.05. The summed E-state index contributed by atoms with van der Waals surface area (Å²) in [6.45, 7) is 3.02. The van der Waals surface area contributed by atoms with E-state index in [0.717, 1.165) is 4.88 Å². The summed E-state index contributed by atoms with van der Waals surface area (Å²) >= 11 is 7.24. The van der Waals surface area contributed by atoms with E-state index in [9.17, 15) is 14.7 Å². The van der Waals surface area contributed by atoms with Crippen LogP contribution >= 0.6 is 22.9 Å². The van der Waals surface area contributed by atoms with E-state index in [4.69, 9.17) is 11.6 Å². The summed E-state index contributed by atoms with van der Waals surface area (Å²) in [6, 6.07) is 3.44. The Morgan fingerprint density at radius 2 is 2.30 bits per heavy atom. The van der Waals surface area contributed by atoms with Crippen molar-refractivity contribution in [1.82, 2.24) is 10.2 Å². The van der Waals surface area contributed by atoms with Crippen molar-refractivity contribution in [2.24, 2.45) is 5.41 Å². The molecule has 0 bridgehead atoms. The molecule has 1 atom stereocenters. The van der Waals surface area contributed by atoms with Gasteiger partial charge in [-0.05, 0) is 25.0 Å². The molecule has 2 rings (SSSR count). The number of carboxylic acids is 1. The fourth-order valence-corrected chi connectivity index (χ4v) is 3.41. The molecule has 1 aromatic heterocycles. The lowest BCUT2D eigenvalue weighted by Gasteiger charge is -2.23. The van der Waals surface area contributed by atoms with Gasteiger partial charge in [0.25, 0.3) is 0 Å². The van der Waals surface area contributed by atoms with Gasteiger partial charge in [0.05, 0.1) is 16.3 Å². The summed E-state index contributed by atoms with van der Waals surface area (Å²) < 4.78 is 0.686. The molecule has 0 aliphatic carbocycles. The van der Waals surface area contributed by atoms with Gasteiger partial charge in [0, 0.05) is 18.0 Å². The van der Waals surface area contributed by atoms with Crippen LogP contribution in [0.25, 0.3) is 0 Å². The van der Waals surface area contributed by atoms with Crippen LogP contribution in [0.1, 0.15) is 24.6 Å². The van der Waals surface area contributed by atoms with Crippen molar-refractivity contribution >= 4 is 34.9 Å². The van der Waals surface area contributed by atoms with Gasteiger partial charge in [-0.3, -0.25) is 4.79 Å². The van der Waals surface area contributed by atoms with Crippen molar-refractivity contribution in [2.45, 2.75) is 26.3 Å². The molecule has 2 heterocycles. The Hall–Kier alpha value is -1.27. The van der Waals surface area contributed by atoms with Crippen LogP contribution in [0.3, 0.4) is 0 Å². The molecule has 0 radical (unpaired) electrons. The number of amides is 2. The molecule has 20 heavy (non-hydrogen) atoms. The van der Waals surface area contributed by atoms with Crippen molar-refractivity contribution in [1.29, 1.82) is 0 Å². The molecule has 1 aliphatic heterocycles. The van der Waals surface area contributed by atoms with E-state index in [1.165, 1.54) is 11.3 Å². The van der Waals surface area contributed by atoms with E-state index in [-0.39, 0.29) is 12.6 Å². The second-order valence-corrected chi connectivity index (χ2v) is 6.77. The Bertz CT molecular complexity index is 519. The van der Waals surface area contributed by atoms with E-state index >= 15 is 0 Å². The van der Waals surface area contributed by atoms with Crippen molar-refractivity contribution in [3.63, 3.8) is 0 Å². The number of carboxylic acid groups (broad SMARTS) is 1. The number of carbonyl (C=O) groups excluding carboxylic acids is 1. The zero-order chi connectivity index (χ0) is 14.8. The number of likely N-dealkylation sites (tertiary alicyclic amines) is 1. The summed E-state index contributed by atoms with van der Waals surface area (Å²) in [5.74, 6) is -0.819. The topological polar surface area (TPSA) is 69.6 Å². The fourth-order valence-electron chi connectivity index (χ4n) is 2.38. The van der Waals surface area contributed by atoms with Gasteiger partial charge in [0.15, 0.2) is 0 Å². The molecule has 1 aromatic rings. The molecule has 1 fully saturated rings. The predicted molar refractivity (Wildman–Crippen MR) is 78.1 cm³/mol. The van der Waals surface area contributed by atoms with E-state index < -0.39 is 11.4 Å². The van der Waals surface area contributed by atoms with Crippen LogP contribution in [0, 0.1) is 5.41 Å². The number of nitrogens with one attached hydrogen (secondary N) is 1. The van der Waals surface area contributed by atoms with Gasteiger partial charge in [-0.1, -0.05) is 18.5 Å². The maximum Gasteiger partial charge on any atom is 0.317 e. The van der Waals surface area contributed by atoms with Gasteiger partial charge in [0.2, 0.25) is 0 Å². The molecule has 0 aromatic carbocycles. The number of nitrogens with zero attached hydrogens (tertiary/aromatic N) is 1.